The van der Waals surface area contributed by atoms with Crippen LogP contribution < -0.4 is 10.5 Å². The first kappa shape index (κ1) is 13.0. The van der Waals surface area contributed by atoms with E-state index in [1.54, 1.807) is 0 Å². The lowest BCUT2D eigenvalue weighted by Crippen LogP contribution is -2.16. The zero-order valence-electron chi connectivity index (χ0n) is 10.7. The van der Waals surface area contributed by atoms with Crippen LogP contribution in [-0.2, 0) is 0 Å². The molecule has 0 saturated carbocycles. The van der Waals surface area contributed by atoms with Gasteiger partial charge in [0.2, 0.25) is 0 Å². The number of nitrogens with two attached hydrogens (primary N) is 1. The molecule has 16 heavy (non-hydrogen) atoms. The first-order valence-electron chi connectivity index (χ1n) is 5.99. The molecule has 2 heteroatoms. The van der Waals surface area contributed by atoms with Crippen molar-refractivity contribution in [3.05, 3.63) is 29.8 Å². The van der Waals surface area contributed by atoms with Gasteiger partial charge in [0.05, 0.1) is 6.61 Å². The Morgan fingerprint density at radius 3 is 2.06 bits per heavy atom. The molecule has 1 unspecified atom stereocenters. The maximum atomic E-state index is 6.07. The summed E-state index contributed by atoms with van der Waals surface area (Å²) in [5.74, 6) is 1.94. The second-order valence-electron chi connectivity index (χ2n) is 5.04. The lowest BCUT2D eigenvalue weighted by Gasteiger charge is -2.16. The molecule has 1 rings (SSSR count). The third-order valence-corrected chi connectivity index (χ3v) is 2.57. The van der Waals surface area contributed by atoms with Gasteiger partial charge in [0.25, 0.3) is 0 Å². The average Bonchev–Trinajstić information content (AvgIpc) is 2.26. The molecule has 2 nitrogen and oxygen atoms in total. The van der Waals surface area contributed by atoms with Gasteiger partial charge in [-0.15, -0.1) is 0 Å². The Morgan fingerprint density at radius 2 is 1.62 bits per heavy atom. The third-order valence-electron chi connectivity index (χ3n) is 2.57. The second kappa shape index (κ2) is 5.90. The number of hydrogen-bond donors (Lipinski definition) is 1. The summed E-state index contributed by atoms with van der Waals surface area (Å²) in [6.45, 7) is 9.31. The third kappa shape index (κ3) is 3.86. The molecule has 2 N–H and O–H groups in total. The predicted molar refractivity (Wildman–Crippen MR) is 68.5 cm³/mol. The maximum Gasteiger partial charge on any atom is 0.119 e. The first-order valence-corrected chi connectivity index (χ1v) is 5.99. The van der Waals surface area contributed by atoms with Crippen molar-refractivity contribution < 1.29 is 4.74 Å². The number of ether oxygens (including phenoxy) is 1. The Hall–Kier alpha value is -1.02. The second-order valence-corrected chi connectivity index (χ2v) is 5.04. The van der Waals surface area contributed by atoms with Crippen LogP contribution in [0.15, 0.2) is 24.3 Å². The van der Waals surface area contributed by atoms with Crippen LogP contribution >= 0.6 is 0 Å². The van der Waals surface area contributed by atoms with Crippen LogP contribution in [0.2, 0.25) is 0 Å². The van der Waals surface area contributed by atoms with Gasteiger partial charge in [-0.25, -0.2) is 0 Å². The summed E-state index contributed by atoms with van der Waals surface area (Å²) in [5, 5.41) is 0. The van der Waals surface area contributed by atoms with Crippen LogP contribution in [-0.4, -0.2) is 6.61 Å². The van der Waals surface area contributed by atoms with Crippen LogP contribution in [0.25, 0.3) is 0 Å². The Morgan fingerprint density at radius 1 is 1.06 bits per heavy atom. The molecule has 0 saturated heterocycles. The Balaban J connectivity index is 2.61. The fraction of sp³-hybridized carbons (Fsp3) is 0.571. The van der Waals surface area contributed by atoms with Gasteiger partial charge in [0.15, 0.2) is 0 Å². The Kier molecular flexibility index (Phi) is 4.81. The molecule has 0 aliphatic rings. The topological polar surface area (TPSA) is 35.2 Å². The van der Waals surface area contributed by atoms with Crippen LogP contribution in [0.3, 0.4) is 0 Å². The van der Waals surface area contributed by atoms with E-state index < -0.39 is 0 Å². The molecule has 1 aromatic rings. The van der Waals surface area contributed by atoms with E-state index in [0.29, 0.717) is 11.8 Å². The molecular weight excluding hydrogens is 198 g/mol. The van der Waals surface area contributed by atoms with E-state index in [9.17, 15) is 0 Å². The Bertz CT molecular complexity index is 303. The van der Waals surface area contributed by atoms with Crippen molar-refractivity contribution in [1.82, 2.24) is 0 Å². The maximum absolute atomic E-state index is 6.07. The van der Waals surface area contributed by atoms with Gasteiger partial charge in [0.1, 0.15) is 5.75 Å². The predicted octanol–water partition coefficient (Wildman–Crippen LogP) is 3.38. The smallest absolute Gasteiger partial charge is 0.119 e. The largest absolute Gasteiger partial charge is 0.493 e. The van der Waals surface area contributed by atoms with E-state index in [0.717, 1.165) is 12.4 Å². The van der Waals surface area contributed by atoms with E-state index >= 15 is 0 Å². The fourth-order valence-corrected chi connectivity index (χ4v) is 1.43. The summed E-state index contributed by atoms with van der Waals surface area (Å²) in [4.78, 5) is 0. The molecule has 0 radical (unpaired) electrons. The zero-order valence-corrected chi connectivity index (χ0v) is 10.7. The van der Waals surface area contributed by atoms with Crippen molar-refractivity contribution in [3.63, 3.8) is 0 Å². The standard InChI is InChI=1S/C14H23NO/c1-10(2)9-16-13-7-5-12(6-8-13)14(15)11(3)4/h5-8,10-11,14H,9,15H2,1-4H3. The summed E-state index contributed by atoms with van der Waals surface area (Å²) >= 11 is 0. The van der Waals surface area contributed by atoms with Gasteiger partial charge in [-0.3, -0.25) is 0 Å². The van der Waals surface area contributed by atoms with Gasteiger partial charge in [-0.1, -0.05) is 39.8 Å². The summed E-state index contributed by atoms with van der Waals surface area (Å²) in [7, 11) is 0. The molecule has 0 heterocycles. The lowest BCUT2D eigenvalue weighted by molar-refractivity contribution is 0.271. The van der Waals surface area contributed by atoms with Gasteiger partial charge >= 0.3 is 0 Å². The van der Waals surface area contributed by atoms with Gasteiger partial charge < -0.3 is 10.5 Å². The molecule has 90 valence electrons. The summed E-state index contributed by atoms with van der Waals surface area (Å²) < 4.78 is 5.62. The minimum atomic E-state index is 0.110. The molecule has 0 bridgehead atoms. The summed E-state index contributed by atoms with van der Waals surface area (Å²) in [6.07, 6.45) is 0. The number of hydrogen-bond acceptors (Lipinski definition) is 2. The van der Waals surface area contributed by atoms with Crippen molar-refractivity contribution >= 4 is 0 Å². The normalized spacial score (nSPS) is 13.2. The summed E-state index contributed by atoms with van der Waals surface area (Å²) in [5.41, 5.74) is 7.24. The highest BCUT2D eigenvalue weighted by atomic mass is 16.5. The van der Waals surface area contributed by atoms with Crippen LogP contribution in [0.1, 0.15) is 39.3 Å². The molecule has 0 aromatic heterocycles. The highest BCUT2D eigenvalue weighted by Crippen LogP contribution is 2.21. The highest BCUT2D eigenvalue weighted by molar-refractivity contribution is 5.29. The molecule has 0 aliphatic heterocycles. The molecular formula is C14H23NO. The molecule has 1 atom stereocenters. The van der Waals surface area contributed by atoms with Crippen molar-refractivity contribution in [3.8, 4) is 5.75 Å². The van der Waals surface area contributed by atoms with E-state index in [2.05, 4.69) is 39.8 Å². The van der Waals surface area contributed by atoms with E-state index in [-0.39, 0.29) is 6.04 Å². The van der Waals surface area contributed by atoms with Crippen LogP contribution in [0, 0.1) is 11.8 Å². The molecule has 0 fully saturated rings. The lowest BCUT2D eigenvalue weighted by atomic mass is 9.97. The molecule has 1 aromatic carbocycles. The van der Waals surface area contributed by atoms with Crippen molar-refractivity contribution in [2.45, 2.75) is 33.7 Å². The van der Waals surface area contributed by atoms with Crippen molar-refractivity contribution in [2.75, 3.05) is 6.61 Å². The van der Waals surface area contributed by atoms with E-state index in [1.807, 2.05) is 12.1 Å². The van der Waals surface area contributed by atoms with Crippen molar-refractivity contribution in [2.24, 2.45) is 17.6 Å². The SMILES string of the molecule is CC(C)COc1ccc(C(N)C(C)C)cc1. The highest BCUT2D eigenvalue weighted by Gasteiger charge is 2.09. The van der Waals surface area contributed by atoms with E-state index in [1.165, 1.54) is 5.56 Å². The van der Waals surface area contributed by atoms with Crippen LogP contribution in [0.5, 0.6) is 5.75 Å². The van der Waals surface area contributed by atoms with Gasteiger partial charge in [-0.05, 0) is 29.5 Å². The monoisotopic (exact) mass is 221 g/mol. The van der Waals surface area contributed by atoms with Crippen LogP contribution in [0.4, 0.5) is 0 Å². The van der Waals surface area contributed by atoms with Crippen molar-refractivity contribution in [1.29, 1.82) is 0 Å². The minimum absolute atomic E-state index is 0.110. The number of benzene rings is 1. The summed E-state index contributed by atoms with van der Waals surface area (Å²) in [6, 6.07) is 8.22. The molecule has 0 aliphatic carbocycles. The quantitative estimate of drug-likeness (QED) is 0.827. The van der Waals surface area contributed by atoms with Gasteiger partial charge in [-0.2, -0.15) is 0 Å². The molecule has 0 spiro atoms. The average molecular weight is 221 g/mol. The number of rotatable bonds is 5. The van der Waals surface area contributed by atoms with Gasteiger partial charge in [0, 0.05) is 6.04 Å². The first-order chi connectivity index (χ1) is 7.50. The Labute approximate surface area is 98.8 Å². The van der Waals surface area contributed by atoms with E-state index in [4.69, 9.17) is 10.5 Å². The zero-order chi connectivity index (χ0) is 12.1. The fourth-order valence-electron chi connectivity index (χ4n) is 1.43. The molecule has 0 amide bonds. The minimum Gasteiger partial charge on any atom is -0.493 e.